The number of aliphatic hydroxyl groups is 1. The normalized spacial score (nSPS) is 19.6. The van der Waals surface area contributed by atoms with Crippen molar-refractivity contribution in [3.05, 3.63) is 29.6 Å². The topological polar surface area (TPSA) is 61.8 Å². The van der Waals surface area contributed by atoms with Crippen LogP contribution in [0.3, 0.4) is 0 Å². The monoisotopic (exact) mass is 324 g/mol. The van der Waals surface area contributed by atoms with Crippen LogP contribution in [0.1, 0.15) is 45.2 Å². The maximum atomic E-state index is 13.5. The molecule has 5 nitrogen and oxygen atoms in total. The molecule has 0 radical (unpaired) electrons. The number of carbonyl (C=O) groups is 1. The number of likely N-dealkylation sites (tertiary alicyclic amines) is 1. The minimum Gasteiger partial charge on any atom is -0.494 e. The van der Waals surface area contributed by atoms with E-state index in [2.05, 4.69) is 5.32 Å². The summed E-state index contributed by atoms with van der Waals surface area (Å²) in [6.45, 7) is 5.90. The minimum atomic E-state index is -0.934. The molecule has 0 aromatic heterocycles. The summed E-state index contributed by atoms with van der Waals surface area (Å²) in [6, 6.07) is 3.83. The molecule has 2 amide bonds. The third-order valence-electron chi connectivity index (χ3n) is 4.34. The maximum absolute atomic E-state index is 13.5. The Morgan fingerprint density at radius 1 is 1.52 bits per heavy atom. The SMILES string of the molecule is COc1cc([C@H](C)NC(=O)N2CCC[C@H]2C(C)(C)O)ccc1F. The van der Waals surface area contributed by atoms with Crippen LogP contribution in [0.25, 0.3) is 0 Å². The summed E-state index contributed by atoms with van der Waals surface area (Å²) in [5.74, 6) is -0.282. The molecule has 0 aliphatic carbocycles. The van der Waals surface area contributed by atoms with Crippen LogP contribution < -0.4 is 10.1 Å². The number of rotatable bonds is 4. The molecule has 1 aliphatic rings. The Labute approximate surface area is 136 Å². The molecule has 2 N–H and O–H groups in total. The number of carbonyl (C=O) groups excluding carboxylic acids is 1. The highest BCUT2D eigenvalue weighted by Gasteiger charge is 2.38. The highest BCUT2D eigenvalue weighted by atomic mass is 19.1. The molecule has 1 heterocycles. The van der Waals surface area contributed by atoms with Gasteiger partial charge in [0, 0.05) is 6.54 Å². The molecule has 2 atom stereocenters. The third kappa shape index (κ3) is 3.93. The molecule has 0 spiro atoms. The quantitative estimate of drug-likeness (QED) is 0.895. The van der Waals surface area contributed by atoms with Gasteiger partial charge in [0.15, 0.2) is 11.6 Å². The Morgan fingerprint density at radius 2 is 2.22 bits per heavy atom. The first kappa shape index (κ1) is 17.5. The Hall–Kier alpha value is -1.82. The standard InChI is InChI=1S/C17H25FN2O3/c1-11(12-7-8-13(18)14(10-12)23-4)19-16(21)20-9-5-6-15(20)17(2,3)22/h7-8,10-11,15,22H,5-6,9H2,1-4H3,(H,19,21)/t11-,15-/m0/s1. The molecular formula is C17H25FN2O3. The van der Waals surface area contributed by atoms with Crippen molar-refractivity contribution in [2.24, 2.45) is 0 Å². The highest BCUT2D eigenvalue weighted by Crippen LogP contribution is 2.28. The van der Waals surface area contributed by atoms with Crippen LogP contribution in [0.15, 0.2) is 18.2 Å². The summed E-state index contributed by atoms with van der Waals surface area (Å²) < 4.78 is 18.4. The van der Waals surface area contributed by atoms with Gasteiger partial charge in [0.1, 0.15) is 0 Å². The van der Waals surface area contributed by atoms with Crippen molar-refractivity contribution in [2.75, 3.05) is 13.7 Å². The number of hydrogen-bond acceptors (Lipinski definition) is 3. The molecule has 0 bridgehead atoms. The van der Waals surface area contributed by atoms with E-state index in [1.54, 1.807) is 30.9 Å². The van der Waals surface area contributed by atoms with E-state index < -0.39 is 11.4 Å². The van der Waals surface area contributed by atoms with Gasteiger partial charge in [-0.3, -0.25) is 0 Å². The molecular weight excluding hydrogens is 299 g/mol. The van der Waals surface area contributed by atoms with Crippen LogP contribution in [-0.2, 0) is 0 Å². The van der Waals surface area contributed by atoms with Gasteiger partial charge >= 0.3 is 6.03 Å². The van der Waals surface area contributed by atoms with Gasteiger partial charge < -0.3 is 20.1 Å². The largest absolute Gasteiger partial charge is 0.494 e. The molecule has 1 aliphatic heterocycles. The number of benzene rings is 1. The number of ether oxygens (including phenoxy) is 1. The van der Waals surface area contributed by atoms with Gasteiger partial charge in [-0.15, -0.1) is 0 Å². The molecule has 0 unspecified atom stereocenters. The first-order valence-corrected chi connectivity index (χ1v) is 7.87. The number of urea groups is 1. The molecule has 23 heavy (non-hydrogen) atoms. The third-order valence-corrected chi connectivity index (χ3v) is 4.34. The lowest BCUT2D eigenvalue weighted by Crippen LogP contribution is -2.51. The molecule has 1 saturated heterocycles. The van der Waals surface area contributed by atoms with Crippen molar-refractivity contribution in [2.45, 2.75) is 51.3 Å². The zero-order chi connectivity index (χ0) is 17.2. The van der Waals surface area contributed by atoms with Gasteiger partial charge in [0.2, 0.25) is 0 Å². The van der Waals surface area contributed by atoms with Crippen LogP contribution in [0.2, 0.25) is 0 Å². The Balaban J connectivity index is 2.07. The first-order valence-electron chi connectivity index (χ1n) is 7.87. The second-order valence-electron chi connectivity index (χ2n) is 6.57. The molecule has 128 valence electrons. The fourth-order valence-corrected chi connectivity index (χ4v) is 3.04. The Kier molecular flexibility index (Phi) is 5.14. The molecule has 1 fully saturated rings. The zero-order valence-electron chi connectivity index (χ0n) is 14.1. The van der Waals surface area contributed by atoms with Crippen molar-refractivity contribution in [1.29, 1.82) is 0 Å². The van der Waals surface area contributed by atoms with Gasteiger partial charge in [-0.2, -0.15) is 0 Å². The van der Waals surface area contributed by atoms with Gasteiger partial charge in [-0.25, -0.2) is 9.18 Å². The predicted octanol–water partition coefficient (Wildman–Crippen LogP) is 2.84. The van der Waals surface area contributed by atoms with Crippen molar-refractivity contribution < 1.29 is 19.0 Å². The second kappa shape index (κ2) is 6.74. The Morgan fingerprint density at radius 3 is 2.83 bits per heavy atom. The lowest BCUT2D eigenvalue weighted by Gasteiger charge is -2.34. The Bertz CT molecular complexity index is 571. The number of nitrogens with zero attached hydrogens (tertiary/aromatic N) is 1. The van der Waals surface area contributed by atoms with E-state index >= 15 is 0 Å². The number of amides is 2. The van der Waals surface area contributed by atoms with E-state index in [4.69, 9.17) is 4.74 Å². The predicted molar refractivity (Wildman–Crippen MR) is 85.9 cm³/mol. The molecule has 2 rings (SSSR count). The lowest BCUT2D eigenvalue weighted by molar-refractivity contribution is 0.00951. The summed E-state index contributed by atoms with van der Waals surface area (Å²) in [5, 5.41) is 13.1. The minimum absolute atomic E-state index is 0.152. The average molecular weight is 324 g/mol. The summed E-state index contributed by atoms with van der Waals surface area (Å²) in [5.41, 5.74) is -0.175. The van der Waals surface area contributed by atoms with E-state index in [-0.39, 0.29) is 23.9 Å². The van der Waals surface area contributed by atoms with Crippen molar-refractivity contribution in [3.63, 3.8) is 0 Å². The van der Waals surface area contributed by atoms with E-state index in [1.807, 2.05) is 6.92 Å². The summed E-state index contributed by atoms with van der Waals surface area (Å²) in [6.07, 6.45) is 1.66. The summed E-state index contributed by atoms with van der Waals surface area (Å²) >= 11 is 0. The lowest BCUT2D eigenvalue weighted by atomic mass is 9.97. The highest BCUT2D eigenvalue weighted by molar-refractivity contribution is 5.75. The number of halogens is 1. The molecule has 0 saturated carbocycles. The maximum Gasteiger partial charge on any atom is 0.318 e. The number of hydrogen-bond donors (Lipinski definition) is 2. The second-order valence-corrected chi connectivity index (χ2v) is 6.57. The smallest absolute Gasteiger partial charge is 0.318 e. The van der Waals surface area contributed by atoms with Crippen LogP contribution >= 0.6 is 0 Å². The van der Waals surface area contributed by atoms with Gasteiger partial charge in [0.05, 0.1) is 24.8 Å². The van der Waals surface area contributed by atoms with E-state index in [1.165, 1.54) is 13.2 Å². The first-order chi connectivity index (χ1) is 10.7. The number of methoxy groups -OCH3 is 1. The van der Waals surface area contributed by atoms with Gasteiger partial charge in [-0.1, -0.05) is 6.07 Å². The van der Waals surface area contributed by atoms with E-state index in [0.717, 1.165) is 18.4 Å². The van der Waals surface area contributed by atoms with E-state index in [9.17, 15) is 14.3 Å². The van der Waals surface area contributed by atoms with E-state index in [0.29, 0.717) is 6.54 Å². The van der Waals surface area contributed by atoms with Gasteiger partial charge in [-0.05, 0) is 51.3 Å². The van der Waals surface area contributed by atoms with Crippen molar-refractivity contribution in [3.8, 4) is 5.75 Å². The van der Waals surface area contributed by atoms with Crippen molar-refractivity contribution >= 4 is 6.03 Å². The molecule has 1 aromatic carbocycles. The van der Waals surface area contributed by atoms with Gasteiger partial charge in [0.25, 0.3) is 0 Å². The molecule has 6 heteroatoms. The average Bonchev–Trinajstić information content (AvgIpc) is 2.97. The van der Waals surface area contributed by atoms with Crippen molar-refractivity contribution in [1.82, 2.24) is 10.2 Å². The summed E-state index contributed by atoms with van der Waals surface area (Å²) in [4.78, 5) is 14.2. The van der Waals surface area contributed by atoms with Crippen LogP contribution in [0.4, 0.5) is 9.18 Å². The number of nitrogens with one attached hydrogen (secondary N) is 1. The summed E-state index contributed by atoms with van der Waals surface area (Å²) in [7, 11) is 1.41. The fourth-order valence-electron chi connectivity index (χ4n) is 3.04. The zero-order valence-corrected chi connectivity index (χ0v) is 14.1. The van der Waals surface area contributed by atoms with Crippen LogP contribution in [0.5, 0.6) is 5.75 Å². The molecule has 1 aromatic rings. The van der Waals surface area contributed by atoms with Crippen LogP contribution in [-0.4, -0.2) is 41.3 Å². The fraction of sp³-hybridized carbons (Fsp3) is 0.588. The van der Waals surface area contributed by atoms with Crippen LogP contribution in [0, 0.1) is 5.82 Å².